The predicted octanol–water partition coefficient (Wildman–Crippen LogP) is 6.25. The van der Waals surface area contributed by atoms with Crippen molar-refractivity contribution in [1.82, 2.24) is 0 Å². The van der Waals surface area contributed by atoms with Gasteiger partial charge in [-0.2, -0.15) is 0 Å². The number of rotatable bonds is 12. The van der Waals surface area contributed by atoms with Crippen LogP contribution >= 0.6 is 0 Å². The van der Waals surface area contributed by atoms with Gasteiger partial charge in [0.05, 0.1) is 6.61 Å². The molecule has 0 aromatic heterocycles. The van der Waals surface area contributed by atoms with Crippen LogP contribution < -0.4 is 4.74 Å². The molecule has 1 rings (SSSR count). The molecule has 1 N–H and O–H groups in total. The molecule has 0 atom stereocenters. The summed E-state index contributed by atoms with van der Waals surface area (Å²) in [6.07, 6.45) is 3.27. The summed E-state index contributed by atoms with van der Waals surface area (Å²) in [5.74, 6) is -0.584. The van der Waals surface area contributed by atoms with Gasteiger partial charge in [0.2, 0.25) is 0 Å². The van der Waals surface area contributed by atoms with E-state index >= 15 is 0 Å². The highest BCUT2D eigenvalue weighted by molar-refractivity contribution is 6.87. The molecule has 4 nitrogen and oxygen atoms in total. The molecule has 156 valence electrons. The van der Waals surface area contributed by atoms with Gasteiger partial charge in [-0.1, -0.05) is 19.8 Å². The Morgan fingerprint density at radius 3 is 2.00 bits per heavy atom. The van der Waals surface area contributed by atoms with Crippen LogP contribution in [0.2, 0.25) is 51.4 Å². The van der Waals surface area contributed by atoms with E-state index in [-0.39, 0.29) is 5.75 Å². The molecule has 0 radical (unpaired) electrons. The van der Waals surface area contributed by atoms with Crippen molar-refractivity contribution in [1.29, 1.82) is 0 Å². The highest BCUT2D eigenvalue weighted by atomic mass is 28.5. The van der Waals surface area contributed by atoms with Gasteiger partial charge in [-0.25, -0.2) is 4.39 Å². The average molecular weight is 433 g/mol. The zero-order chi connectivity index (χ0) is 20.7. The van der Waals surface area contributed by atoms with E-state index in [2.05, 4.69) is 46.2 Å². The molecule has 0 aliphatic carbocycles. The Bertz CT molecular complexity index is 594. The number of halogens is 1. The minimum Gasteiger partial charge on any atom is -0.505 e. The standard InChI is InChI=1S/C19H37FO4Si3/c1-8-9-14-25(2,3)23-27(6,7)24-26(4,5)15-10-13-22-17-11-12-19(21)18(20)16-17/h11-12,16,21H,8-10,13-15H2,1-7H3. The summed E-state index contributed by atoms with van der Waals surface area (Å²) >= 11 is 0. The summed E-state index contributed by atoms with van der Waals surface area (Å²) < 4.78 is 32.0. The lowest BCUT2D eigenvalue weighted by atomic mass is 10.3. The molecule has 0 aliphatic heterocycles. The third-order valence-corrected chi connectivity index (χ3v) is 15.8. The van der Waals surface area contributed by atoms with Gasteiger partial charge in [-0.3, -0.25) is 0 Å². The summed E-state index contributed by atoms with van der Waals surface area (Å²) in [5.41, 5.74) is 0. The summed E-state index contributed by atoms with van der Waals surface area (Å²) in [5, 5.41) is 9.21. The number of benzene rings is 1. The van der Waals surface area contributed by atoms with Crippen LogP contribution in [0.5, 0.6) is 11.5 Å². The fourth-order valence-electron chi connectivity index (χ4n) is 3.32. The van der Waals surface area contributed by atoms with E-state index < -0.39 is 31.0 Å². The van der Waals surface area contributed by atoms with Crippen molar-refractivity contribution in [3.63, 3.8) is 0 Å². The Balaban J connectivity index is 2.45. The van der Waals surface area contributed by atoms with Gasteiger partial charge >= 0.3 is 8.56 Å². The molecule has 0 bridgehead atoms. The molecular weight excluding hydrogens is 395 g/mol. The van der Waals surface area contributed by atoms with Crippen LogP contribution in [0.3, 0.4) is 0 Å². The lowest BCUT2D eigenvalue weighted by molar-refractivity contribution is 0.310. The van der Waals surface area contributed by atoms with Gasteiger partial charge in [0, 0.05) is 6.07 Å². The number of aromatic hydroxyl groups is 1. The van der Waals surface area contributed by atoms with E-state index in [0.29, 0.717) is 12.4 Å². The van der Waals surface area contributed by atoms with Crippen molar-refractivity contribution in [2.24, 2.45) is 0 Å². The van der Waals surface area contributed by atoms with Gasteiger partial charge in [-0.15, -0.1) is 0 Å². The van der Waals surface area contributed by atoms with E-state index in [1.165, 1.54) is 31.0 Å². The lowest BCUT2D eigenvalue weighted by Crippen LogP contribution is -2.52. The maximum absolute atomic E-state index is 13.3. The van der Waals surface area contributed by atoms with Crippen molar-refractivity contribution < 1.29 is 22.5 Å². The molecule has 0 saturated carbocycles. The van der Waals surface area contributed by atoms with Crippen LogP contribution in [0.1, 0.15) is 26.2 Å². The predicted molar refractivity (Wildman–Crippen MR) is 117 cm³/mol. The first-order valence-corrected chi connectivity index (χ1v) is 18.9. The number of phenolic OH excluding ortho intramolecular Hbond substituents is 1. The van der Waals surface area contributed by atoms with Gasteiger partial charge in [0.25, 0.3) is 0 Å². The van der Waals surface area contributed by atoms with Crippen LogP contribution in [0.25, 0.3) is 0 Å². The fraction of sp³-hybridized carbons (Fsp3) is 0.684. The second-order valence-electron chi connectivity index (χ2n) is 8.79. The Morgan fingerprint density at radius 1 is 0.926 bits per heavy atom. The average Bonchev–Trinajstić information content (AvgIpc) is 2.50. The van der Waals surface area contributed by atoms with Crippen LogP contribution in [-0.2, 0) is 8.23 Å². The molecule has 1 aromatic carbocycles. The van der Waals surface area contributed by atoms with Crippen molar-refractivity contribution >= 4 is 25.2 Å². The summed E-state index contributed by atoms with van der Waals surface area (Å²) in [6, 6.07) is 6.24. The largest absolute Gasteiger partial charge is 0.505 e. The molecule has 0 fully saturated rings. The molecule has 1 aromatic rings. The SMILES string of the molecule is CCCC[Si](C)(C)O[Si](C)(C)O[Si](C)(C)CCCOc1ccc(O)c(F)c1. The summed E-state index contributed by atoms with van der Waals surface area (Å²) in [4.78, 5) is 0. The number of hydrogen-bond donors (Lipinski definition) is 1. The number of phenols is 1. The van der Waals surface area contributed by atoms with Gasteiger partial charge in [0.1, 0.15) is 5.75 Å². The first-order valence-electron chi connectivity index (χ1n) is 9.87. The molecule has 8 heteroatoms. The lowest BCUT2D eigenvalue weighted by Gasteiger charge is -2.38. The van der Waals surface area contributed by atoms with Crippen LogP contribution in [0, 0.1) is 5.82 Å². The Kier molecular flexibility index (Phi) is 9.20. The zero-order valence-corrected chi connectivity index (χ0v) is 21.0. The van der Waals surface area contributed by atoms with Gasteiger partial charge in [-0.05, 0) is 69.9 Å². The minimum atomic E-state index is -2.16. The molecule has 0 amide bonds. The van der Waals surface area contributed by atoms with E-state index in [9.17, 15) is 9.50 Å². The molecule has 0 unspecified atom stereocenters. The van der Waals surface area contributed by atoms with Crippen LogP contribution in [0.15, 0.2) is 18.2 Å². The summed E-state index contributed by atoms with van der Waals surface area (Å²) in [6.45, 7) is 16.1. The highest BCUT2D eigenvalue weighted by Crippen LogP contribution is 2.27. The number of hydrogen-bond acceptors (Lipinski definition) is 4. The summed E-state index contributed by atoms with van der Waals surface area (Å²) in [7, 11) is -5.69. The van der Waals surface area contributed by atoms with E-state index in [4.69, 9.17) is 13.0 Å². The quantitative estimate of drug-likeness (QED) is 0.313. The van der Waals surface area contributed by atoms with Gasteiger partial charge in [0.15, 0.2) is 28.2 Å². The van der Waals surface area contributed by atoms with E-state index in [1.807, 2.05) is 0 Å². The third kappa shape index (κ3) is 9.89. The normalized spacial score (nSPS) is 13.0. The van der Waals surface area contributed by atoms with E-state index in [0.717, 1.165) is 12.5 Å². The maximum Gasteiger partial charge on any atom is 0.311 e. The van der Waals surface area contributed by atoms with Crippen molar-refractivity contribution in [3.05, 3.63) is 24.0 Å². The van der Waals surface area contributed by atoms with Crippen molar-refractivity contribution in [2.45, 2.75) is 77.6 Å². The Morgan fingerprint density at radius 2 is 1.48 bits per heavy atom. The minimum absolute atomic E-state index is 0.359. The van der Waals surface area contributed by atoms with Crippen molar-refractivity contribution in [2.75, 3.05) is 6.61 Å². The third-order valence-electron chi connectivity index (χ3n) is 4.29. The number of ether oxygens (including phenoxy) is 1. The Hall–Kier alpha value is -0.679. The molecule has 27 heavy (non-hydrogen) atoms. The number of unbranched alkanes of at least 4 members (excludes halogenated alkanes) is 1. The zero-order valence-electron chi connectivity index (χ0n) is 18.0. The van der Waals surface area contributed by atoms with Crippen LogP contribution in [0.4, 0.5) is 4.39 Å². The highest BCUT2D eigenvalue weighted by Gasteiger charge is 2.39. The molecule has 0 heterocycles. The second-order valence-corrected chi connectivity index (χ2v) is 21.3. The van der Waals surface area contributed by atoms with Gasteiger partial charge < -0.3 is 18.1 Å². The first-order chi connectivity index (χ1) is 12.4. The molecule has 0 aliphatic rings. The van der Waals surface area contributed by atoms with Crippen LogP contribution in [-0.4, -0.2) is 36.9 Å². The monoisotopic (exact) mass is 432 g/mol. The van der Waals surface area contributed by atoms with Crippen molar-refractivity contribution in [3.8, 4) is 11.5 Å². The maximum atomic E-state index is 13.3. The molecule has 0 spiro atoms. The molecule has 0 saturated heterocycles. The van der Waals surface area contributed by atoms with E-state index in [1.54, 1.807) is 6.07 Å². The smallest absolute Gasteiger partial charge is 0.311 e. The topological polar surface area (TPSA) is 47.9 Å². The fourth-order valence-corrected chi connectivity index (χ4v) is 17.5. The molecular formula is C19H37FO4Si3. The first kappa shape index (κ1) is 24.4. The second kappa shape index (κ2) is 10.2. The Labute approximate surface area is 167 Å².